The topological polar surface area (TPSA) is 94.3 Å². The number of rotatable bonds is 4. The van der Waals surface area contributed by atoms with E-state index in [1.165, 1.54) is 31.5 Å². The van der Waals surface area contributed by atoms with E-state index in [2.05, 4.69) is 41.6 Å². The third-order valence-corrected chi connectivity index (χ3v) is 5.07. The van der Waals surface area contributed by atoms with E-state index in [9.17, 15) is 8.42 Å². The molecule has 3 N–H and O–H groups in total. The lowest BCUT2D eigenvalue weighted by Crippen LogP contribution is -2.15. The molecule has 9 heteroatoms. The van der Waals surface area contributed by atoms with Crippen molar-refractivity contribution < 1.29 is 13.2 Å². The number of sulfonamides is 1. The zero-order chi connectivity index (χ0) is 15.6. The van der Waals surface area contributed by atoms with Crippen LogP contribution in [0, 0.1) is 0 Å². The summed E-state index contributed by atoms with van der Waals surface area (Å²) in [5, 5.41) is 0. The van der Waals surface area contributed by atoms with E-state index in [1.807, 2.05) is 0 Å². The van der Waals surface area contributed by atoms with Crippen molar-refractivity contribution in [3.63, 3.8) is 0 Å². The number of methoxy groups -OCH3 is 1. The Morgan fingerprint density at radius 2 is 2.00 bits per heavy atom. The first-order chi connectivity index (χ1) is 9.83. The minimum atomic E-state index is -3.86. The van der Waals surface area contributed by atoms with Crippen LogP contribution in [0.1, 0.15) is 0 Å². The number of nitrogens with one attached hydrogen (secondary N) is 1. The molecule has 0 bridgehead atoms. The van der Waals surface area contributed by atoms with E-state index >= 15 is 0 Å². The first-order valence-electron chi connectivity index (χ1n) is 5.61. The normalized spacial score (nSPS) is 11.2. The molecule has 1 aromatic carbocycles. The molecule has 0 aliphatic heterocycles. The number of hydrogen-bond acceptors (Lipinski definition) is 5. The van der Waals surface area contributed by atoms with Gasteiger partial charge in [0.15, 0.2) is 0 Å². The Bertz CT molecular complexity index is 764. The van der Waals surface area contributed by atoms with Gasteiger partial charge in [0.1, 0.15) is 16.5 Å². The van der Waals surface area contributed by atoms with Crippen molar-refractivity contribution in [2.45, 2.75) is 4.90 Å². The van der Waals surface area contributed by atoms with Gasteiger partial charge >= 0.3 is 0 Å². The monoisotopic (exact) mass is 435 g/mol. The number of pyridine rings is 1. The second-order valence-electron chi connectivity index (χ2n) is 3.99. The Balaban J connectivity index is 2.44. The Hall–Kier alpha value is -1.32. The highest BCUT2D eigenvalue weighted by atomic mass is 79.9. The van der Waals surface area contributed by atoms with Crippen LogP contribution in [0.2, 0.25) is 0 Å². The molecule has 0 spiro atoms. The third-order valence-electron chi connectivity index (χ3n) is 2.54. The predicted octanol–water partition coefficient (Wildman–Crippen LogP) is 3.00. The Morgan fingerprint density at radius 3 is 2.57 bits per heavy atom. The summed E-state index contributed by atoms with van der Waals surface area (Å²) in [5.74, 6) is 0.377. The first kappa shape index (κ1) is 16.1. The summed E-state index contributed by atoms with van der Waals surface area (Å²) in [6.45, 7) is 0. The molecule has 1 aromatic heterocycles. The molecule has 0 amide bonds. The number of anilines is 2. The molecule has 0 aliphatic carbocycles. The minimum Gasteiger partial charge on any atom is -0.495 e. The number of nitrogens with two attached hydrogens (primary N) is 1. The molecule has 0 saturated heterocycles. The second kappa shape index (κ2) is 6.20. The van der Waals surface area contributed by atoms with Crippen molar-refractivity contribution in [2.24, 2.45) is 0 Å². The van der Waals surface area contributed by atoms with Crippen molar-refractivity contribution in [2.75, 3.05) is 17.6 Å². The van der Waals surface area contributed by atoms with Gasteiger partial charge in [-0.25, -0.2) is 13.4 Å². The zero-order valence-electron chi connectivity index (χ0n) is 10.8. The lowest BCUT2D eigenvalue weighted by atomic mass is 10.3. The molecule has 112 valence electrons. The Labute approximate surface area is 139 Å². The molecule has 2 aromatic rings. The van der Waals surface area contributed by atoms with Gasteiger partial charge in [-0.1, -0.05) is 0 Å². The summed E-state index contributed by atoms with van der Waals surface area (Å²) in [4.78, 5) is 3.91. The molecule has 0 fully saturated rings. The highest BCUT2D eigenvalue weighted by Crippen LogP contribution is 2.33. The van der Waals surface area contributed by atoms with Gasteiger partial charge in [-0.05, 0) is 56.1 Å². The third kappa shape index (κ3) is 3.66. The van der Waals surface area contributed by atoms with Gasteiger partial charge in [0, 0.05) is 20.8 Å². The fourth-order valence-corrected chi connectivity index (χ4v) is 3.30. The molecule has 6 nitrogen and oxygen atoms in total. The summed E-state index contributed by atoms with van der Waals surface area (Å²) in [6, 6.07) is 6.04. The highest BCUT2D eigenvalue weighted by Gasteiger charge is 2.21. The standard InChI is InChI=1S/C12H11Br2N3O3S/c1-20-10-4-8(14)9(15)5-11(10)21(18,19)17-12-3-2-7(13)6-16-12/h2-6H,15H2,1H3,(H,16,17). The summed E-state index contributed by atoms with van der Waals surface area (Å²) in [7, 11) is -2.48. The van der Waals surface area contributed by atoms with Crippen LogP contribution >= 0.6 is 31.9 Å². The number of hydrogen-bond donors (Lipinski definition) is 2. The fourth-order valence-electron chi connectivity index (χ4n) is 1.55. The highest BCUT2D eigenvalue weighted by molar-refractivity contribution is 9.10. The molecule has 0 unspecified atom stereocenters. The summed E-state index contributed by atoms with van der Waals surface area (Å²) in [5.41, 5.74) is 6.03. The van der Waals surface area contributed by atoms with Crippen molar-refractivity contribution in [1.82, 2.24) is 4.98 Å². The quantitative estimate of drug-likeness (QED) is 0.718. The largest absolute Gasteiger partial charge is 0.495 e. The van der Waals surface area contributed by atoms with Gasteiger partial charge in [-0.15, -0.1) is 0 Å². The number of ether oxygens (including phenoxy) is 1. The van der Waals surface area contributed by atoms with Gasteiger partial charge in [-0.3, -0.25) is 4.72 Å². The van der Waals surface area contributed by atoms with Crippen LogP contribution in [-0.4, -0.2) is 20.5 Å². The fraction of sp³-hybridized carbons (Fsp3) is 0.0833. The zero-order valence-corrected chi connectivity index (χ0v) is 14.8. The predicted molar refractivity (Wildman–Crippen MR) is 87.9 cm³/mol. The van der Waals surface area contributed by atoms with Gasteiger partial charge in [0.2, 0.25) is 0 Å². The minimum absolute atomic E-state index is 0.0598. The van der Waals surface area contributed by atoms with E-state index < -0.39 is 10.0 Å². The second-order valence-corrected chi connectivity index (χ2v) is 7.41. The van der Waals surface area contributed by atoms with E-state index in [0.29, 0.717) is 10.2 Å². The van der Waals surface area contributed by atoms with Gasteiger partial charge in [-0.2, -0.15) is 0 Å². The average molecular weight is 437 g/mol. The molecule has 0 radical (unpaired) electrons. The van der Waals surface area contributed by atoms with Crippen molar-refractivity contribution in [1.29, 1.82) is 0 Å². The summed E-state index contributed by atoms with van der Waals surface area (Å²) in [6.07, 6.45) is 1.49. The SMILES string of the molecule is COc1cc(Br)c(N)cc1S(=O)(=O)Nc1ccc(Br)cn1. The lowest BCUT2D eigenvalue weighted by Gasteiger charge is -2.12. The van der Waals surface area contributed by atoms with Crippen LogP contribution < -0.4 is 15.2 Å². The first-order valence-corrected chi connectivity index (χ1v) is 8.68. The van der Waals surface area contributed by atoms with Crippen molar-refractivity contribution in [3.8, 4) is 5.75 Å². The number of aromatic nitrogens is 1. The number of halogens is 2. The van der Waals surface area contributed by atoms with Crippen molar-refractivity contribution in [3.05, 3.63) is 39.4 Å². The van der Waals surface area contributed by atoms with Crippen LogP contribution in [0.3, 0.4) is 0 Å². The van der Waals surface area contributed by atoms with Crippen LogP contribution in [0.15, 0.2) is 44.3 Å². The maximum absolute atomic E-state index is 12.4. The Morgan fingerprint density at radius 1 is 1.29 bits per heavy atom. The van der Waals surface area contributed by atoms with E-state index in [-0.39, 0.29) is 16.5 Å². The molecule has 0 saturated carbocycles. The molecule has 21 heavy (non-hydrogen) atoms. The van der Waals surface area contributed by atoms with Crippen LogP contribution in [0.4, 0.5) is 11.5 Å². The van der Waals surface area contributed by atoms with E-state index in [0.717, 1.165) is 4.47 Å². The summed E-state index contributed by atoms with van der Waals surface area (Å²) < 4.78 is 33.6. The molecule has 0 atom stereocenters. The molecule has 1 heterocycles. The molecular formula is C12H11Br2N3O3S. The van der Waals surface area contributed by atoms with Gasteiger partial charge in [0.25, 0.3) is 10.0 Å². The molecular weight excluding hydrogens is 426 g/mol. The van der Waals surface area contributed by atoms with Crippen molar-refractivity contribution >= 4 is 53.4 Å². The maximum Gasteiger partial charge on any atom is 0.266 e. The molecule has 2 rings (SSSR count). The van der Waals surface area contributed by atoms with E-state index in [1.54, 1.807) is 6.07 Å². The maximum atomic E-state index is 12.4. The Kier molecular flexibility index (Phi) is 4.74. The molecule has 0 aliphatic rings. The van der Waals surface area contributed by atoms with Crippen LogP contribution in [0.5, 0.6) is 5.75 Å². The lowest BCUT2D eigenvalue weighted by molar-refractivity contribution is 0.402. The van der Waals surface area contributed by atoms with Gasteiger partial charge in [0.05, 0.1) is 7.11 Å². The summed E-state index contributed by atoms with van der Waals surface area (Å²) >= 11 is 6.45. The van der Waals surface area contributed by atoms with Crippen LogP contribution in [0.25, 0.3) is 0 Å². The number of benzene rings is 1. The van der Waals surface area contributed by atoms with Gasteiger partial charge < -0.3 is 10.5 Å². The van der Waals surface area contributed by atoms with Crippen LogP contribution in [-0.2, 0) is 10.0 Å². The number of nitrogens with zero attached hydrogens (tertiary/aromatic N) is 1. The van der Waals surface area contributed by atoms with E-state index in [4.69, 9.17) is 10.5 Å². The average Bonchev–Trinajstić information content (AvgIpc) is 2.43. The number of nitrogen functional groups attached to an aromatic ring is 1. The smallest absolute Gasteiger partial charge is 0.266 e.